The van der Waals surface area contributed by atoms with Crippen molar-refractivity contribution in [1.29, 1.82) is 0 Å². The van der Waals surface area contributed by atoms with Gasteiger partial charge < -0.3 is 0 Å². The molecule has 1 saturated carbocycles. The van der Waals surface area contributed by atoms with Gasteiger partial charge in [-0.05, 0) is 32.1 Å². The van der Waals surface area contributed by atoms with Crippen molar-refractivity contribution in [2.24, 2.45) is 11.3 Å². The van der Waals surface area contributed by atoms with Crippen LogP contribution < -0.4 is 0 Å². The minimum absolute atomic E-state index is 0.144. The second-order valence-corrected chi connectivity index (χ2v) is 5.67. The van der Waals surface area contributed by atoms with Gasteiger partial charge in [0.2, 0.25) is 0 Å². The minimum atomic E-state index is -6.51. The molecule has 0 aromatic carbocycles. The van der Waals surface area contributed by atoms with Crippen LogP contribution in [0.4, 0.5) is 35.1 Å². The summed E-state index contributed by atoms with van der Waals surface area (Å²) in [6.07, 6.45) is -4.09. The Morgan fingerprint density at radius 3 is 1.80 bits per heavy atom. The maximum atomic E-state index is 14.5. The van der Waals surface area contributed by atoms with Crippen LogP contribution in [0.2, 0.25) is 0 Å². The molecule has 0 nitrogen and oxygen atoms in total. The molecule has 116 valence electrons. The zero-order valence-corrected chi connectivity index (χ0v) is 10.4. The van der Waals surface area contributed by atoms with Gasteiger partial charge in [-0.2, -0.15) is 30.7 Å². The molecule has 1 fully saturated rings. The molecule has 0 aromatic heterocycles. The van der Waals surface area contributed by atoms with Crippen molar-refractivity contribution in [2.45, 2.75) is 49.9 Å². The number of hydrogen-bond acceptors (Lipinski definition) is 0. The zero-order valence-electron chi connectivity index (χ0n) is 10.4. The predicted molar refractivity (Wildman–Crippen MR) is 54.4 cm³/mol. The number of alkyl halides is 8. The lowest BCUT2D eigenvalue weighted by Crippen LogP contribution is -2.65. The average Bonchev–Trinajstić information content (AvgIpc) is 2.88. The van der Waals surface area contributed by atoms with E-state index in [1.807, 2.05) is 0 Å². The van der Waals surface area contributed by atoms with Gasteiger partial charge in [-0.25, -0.2) is 4.39 Å². The number of allylic oxidation sites excluding steroid dienone is 2. The molecule has 2 rings (SSSR count). The Hall–Kier alpha value is -0.820. The monoisotopic (exact) mass is 308 g/mol. The third-order valence-electron chi connectivity index (χ3n) is 4.55. The number of halogens is 8. The van der Waals surface area contributed by atoms with E-state index in [4.69, 9.17) is 0 Å². The van der Waals surface area contributed by atoms with E-state index in [9.17, 15) is 35.1 Å². The third-order valence-corrected chi connectivity index (χ3v) is 4.55. The average molecular weight is 308 g/mol. The van der Waals surface area contributed by atoms with Crippen molar-refractivity contribution in [1.82, 2.24) is 0 Å². The second kappa shape index (κ2) is 3.88. The van der Waals surface area contributed by atoms with E-state index < -0.39 is 29.1 Å². The van der Waals surface area contributed by atoms with Crippen LogP contribution in [0.5, 0.6) is 0 Å². The van der Waals surface area contributed by atoms with E-state index in [1.54, 1.807) is 0 Å². The van der Waals surface area contributed by atoms with Crippen molar-refractivity contribution in [3.05, 3.63) is 12.2 Å². The van der Waals surface area contributed by atoms with Gasteiger partial charge in [0.15, 0.2) is 5.67 Å². The maximum absolute atomic E-state index is 14.5. The van der Waals surface area contributed by atoms with Crippen molar-refractivity contribution in [2.75, 3.05) is 0 Å². The molecule has 0 radical (unpaired) electrons. The molecule has 0 heterocycles. The van der Waals surface area contributed by atoms with Crippen molar-refractivity contribution in [3.63, 3.8) is 0 Å². The summed E-state index contributed by atoms with van der Waals surface area (Å²) in [5, 5.41) is 0. The van der Waals surface area contributed by atoms with E-state index in [1.165, 1.54) is 6.08 Å². The van der Waals surface area contributed by atoms with Crippen molar-refractivity contribution < 1.29 is 35.1 Å². The number of rotatable bonds is 3. The summed E-state index contributed by atoms with van der Waals surface area (Å²) >= 11 is 0. The lowest BCUT2D eigenvalue weighted by molar-refractivity contribution is -0.386. The van der Waals surface area contributed by atoms with Crippen LogP contribution in [0.15, 0.2) is 12.2 Å². The molecule has 8 heteroatoms. The lowest BCUT2D eigenvalue weighted by atomic mass is 9.69. The van der Waals surface area contributed by atoms with Crippen LogP contribution in [0.1, 0.15) is 26.2 Å². The van der Waals surface area contributed by atoms with E-state index in [0.29, 0.717) is 6.42 Å². The molecule has 2 aliphatic carbocycles. The summed E-state index contributed by atoms with van der Waals surface area (Å²) in [7, 11) is 0. The van der Waals surface area contributed by atoms with Gasteiger partial charge in [-0.3, -0.25) is 0 Å². The highest BCUT2D eigenvalue weighted by molar-refractivity contribution is 5.26. The van der Waals surface area contributed by atoms with Crippen LogP contribution in [-0.4, -0.2) is 23.7 Å². The van der Waals surface area contributed by atoms with E-state index in [-0.39, 0.29) is 25.7 Å². The van der Waals surface area contributed by atoms with Crippen LogP contribution >= 0.6 is 0 Å². The van der Waals surface area contributed by atoms with Crippen LogP contribution in [-0.2, 0) is 0 Å². The van der Waals surface area contributed by atoms with Gasteiger partial charge in [-0.15, -0.1) is 0 Å². The highest BCUT2D eigenvalue weighted by atomic mass is 19.4. The summed E-state index contributed by atoms with van der Waals surface area (Å²) in [4.78, 5) is 0. The molecule has 0 aromatic rings. The Kier molecular flexibility index (Phi) is 3.02. The van der Waals surface area contributed by atoms with Gasteiger partial charge >= 0.3 is 18.0 Å². The van der Waals surface area contributed by atoms with Crippen LogP contribution in [0.25, 0.3) is 0 Å². The third kappa shape index (κ3) is 1.65. The quantitative estimate of drug-likeness (QED) is 0.513. The Morgan fingerprint density at radius 2 is 1.50 bits per heavy atom. The van der Waals surface area contributed by atoms with Crippen LogP contribution in [0.3, 0.4) is 0 Å². The molecule has 2 bridgehead atoms. The summed E-state index contributed by atoms with van der Waals surface area (Å²) < 4.78 is 104. The fourth-order valence-electron chi connectivity index (χ4n) is 3.12. The molecule has 0 spiro atoms. The van der Waals surface area contributed by atoms with Gasteiger partial charge in [0.1, 0.15) is 0 Å². The second-order valence-electron chi connectivity index (χ2n) is 5.67. The summed E-state index contributed by atoms with van der Waals surface area (Å²) in [5.41, 5.74) is -5.95. The zero-order chi connectivity index (χ0) is 15.6. The topological polar surface area (TPSA) is 0 Å². The first-order valence-corrected chi connectivity index (χ1v) is 5.99. The Balaban J connectivity index is 2.45. The highest BCUT2D eigenvalue weighted by Crippen LogP contribution is 2.64. The number of hydrogen-bond donors (Lipinski definition) is 0. The SMILES string of the molecule is CC(F)(C12C=CC(CC1)C2)C(F)(F)C(F)(F)C(F)(F)F. The lowest BCUT2D eigenvalue weighted by Gasteiger charge is -2.45. The molecule has 0 aliphatic heterocycles. The molecule has 3 unspecified atom stereocenters. The van der Waals surface area contributed by atoms with E-state index in [0.717, 1.165) is 6.08 Å². The number of fused-ring (bicyclic) bond motifs is 2. The normalized spacial score (nSPS) is 33.5. The van der Waals surface area contributed by atoms with Gasteiger partial charge in [0, 0.05) is 5.41 Å². The molecule has 3 atom stereocenters. The van der Waals surface area contributed by atoms with Gasteiger partial charge in [0.05, 0.1) is 0 Å². The molecular weight excluding hydrogens is 296 g/mol. The first-order chi connectivity index (χ1) is 8.79. The minimum Gasteiger partial charge on any atom is -0.236 e. The fourth-order valence-corrected chi connectivity index (χ4v) is 3.12. The first-order valence-electron chi connectivity index (χ1n) is 5.99. The van der Waals surface area contributed by atoms with Gasteiger partial charge in [-0.1, -0.05) is 12.2 Å². The van der Waals surface area contributed by atoms with E-state index in [2.05, 4.69) is 0 Å². The Labute approximate surface area is 109 Å². The molecular formula is C12H12F8. The summed E-state index contributed by atoms with van der Waals surface area (Å²) in [6, 6.07) is 0. The molecule has 20 heavy (non-hydrogen) atoms. The van der Waals surface area contributed by atoms with Crippen LogP contribution in [0, 0.1) is 11.3 Å². The molecule has 0 amide bonds. The van der Waals surface area contributed by atoms with Gasteiger partial charge in [0.25, 0.3) is 0 Å². The largest absolute Gasteiger partial charge is 0.460 e. The predicted octanol–water partition coefficient (Wildman–Crippen LogP) is 4.90. The van der Waals surface area contributed by atoms with Crippen molar-refractivity contribution in [3.8, 4) is 0 Å². The smallest absolute Gasteiger partial charge is 0.236 e. The van der Waals surface area contributed by atoms with Crippen molar-refractivity contribution >= 4 is 0 Å². The standard InChI is InChI=1S/C12H12F8/c1-8(13,9-4-2-7(6-9)3-5-9)10(14,15)11(16,17)12(18,19)20/h2,4,7H,3,5-6H2,1H3. The fraction of sp³-hybridized carbons (Fsp3) is 0.833. The Bertz CT molecular complexity index is 433. The summed E-state index contributed by atoms with van der Waals surface area (Å²) in [6.45, 7) is 0.144. The summed E-state index contributed by atoms with van der Waals surface area (Å²) in [5.74, 6) is -12.5. The molecule has 0 saturated heterocycles. The highest BCUT2D eigenvalue weighted by Gasteiger charge is 2.82. The molecule has 2 aliphatic rings. The molecule has 0 N–H and O–H groups in total. The van der Waals surface area contributed by atoms with E-state index >= 15 is 0 Å². The first kappa shape index (κ1) is 15.6. The maximum Gasteiger partial charge on any atom is 0.460 e. The Morgan fingerprint density at radius 1 is 0.950 bits per heavy atom.